The molecule has 0 bridgehead atoms. The van der Waals surface area contributed by atoms with Crippen LogP contribution in [0.1, 0.15) is 45.4 Å². The lowest BCUT2D eigenvalue weighted by molar-refractivity contribution is -0.0388. The molecule has 0 saturated heterocycles. The van der Waals surface area contributed by atoms with Crippen LogP contribution in [-0.2, 0) is 19.5 Å². The highest BCUT2D eigenvalue weighted by Gasteiger charge is 2.24. The highest BCUT2D eigenvalue weighted by atomic mass is 32.2. The van der Waals surface area contributed by atoms with Crippen molar-refractivity contribution in [2.45, 2.75) is 57.7 Å². The quantitative estimate of drug-likeness (QED) is 0.738. The minimum Gasteiger partial charge on any atom is -0.381 e. The SMILES string of the molecule is CCCC(COC1CCCC(OC)C1)CS(N)(=O)=O. The van der Waals surface area contributed by atoms with E-state index < -0.39 is 10.0 Å². The first-order valence-corrected chi connectivity index (χ1v) is 8.81. The zero-order chi connectivity index (χ0) is 14.3. The van der Waals surface area contributed by atoms with Crippen molar-refractivity contribution >= 4 is 10.0 Å². The number of nitrogens with two attached hydrogens (primary N) is 1. The van der Waals surface area contributed by atoms with E-state index in [2.05, 4.69) is 0 Å². The predicted molar refractivity (Wildman–Crippen MR) is 75.4 cm³/mol. The Labute approximate surface area is 116 Å². The van der Waals surface area contributed by atoms with E-state index in [9.17, 15) is 8.42 Å². The zero-order valence-electron chi connectivity index (χ0n) is 12.0. The number of methoxy groups -OCH3 is 1. The van der Waals surface area contributed by atoms with Crippen LogP contribution in [0, 0.1) is 5.92 Å². The first-order chi connectivity index (χ1) is 8.94. The number of hydrogen-bond donors (Lipinski definition) is 1. The van der Waals surface area contributed by atoms with E-state index in [1.165, 1.54) is 0 Å². The summed E-state index contributed by atoms with van der Waals surface area (Å²) in [7, 11) is -1.69. The summed E-state index contributed by atoms with van der Waals surface area (Å²) in [6.07, 6.45) is 6.38. The molecular weight excluding hydrogens is 266 g/mol. The second-order valence-corrected chi connectivity index (χ2v) is 7.12. The largest absolute Gasteiger partial charge is 0.381 e. The molecule has 0 aromatic rings. The molecule has 1 rings (SSSR count). The van der Waals surface area contributed by atoms with Crippen LogP contribution in [0.25, 0.3) is 0 Å². The molecule has 114 valence electrons. The van der Waals surface area contributed by atoms with Crippen LogP contribution < -0.4 is 5.14 Å². The molecule has 3 atom stereocenters. The highest BCUT2D eigenvalue weighted by Crippen LogP contribution is 2.24. The van der Waals surface area contributed by atoms with E-state index in [4.69, 9.17) is 14.6 Å². The molecule has 0 aromatic heterocycles. The summed E-state index contributed by atoms with van der Waals surface area (Å²) in [5.74, 6) is 0.0179. The van der Waals surface area contributed by atoms with Crippen molar-refractivity contribution in [1.29, 1.82) is 0 Å². The van der Waals surface area contributed by atoms with Crippen molar-refractivity contribution < 1.29 is 17.9 Å². The van der Waals surface area contributed by atoms with Crippen LogP contribution in [0.15, 0.2) is 0 Å². The van der Waals surface area contributed by atoms with Crippen LogP contribution in [0.2, 0.25) is 0 Å². The summed E-state index contributed by atoms with van der Waals surface area (Å²) >= 11 is 0. The Morgan fingerprint density at radius 2 is 2.00 bits per heavy atom. The van der Waals surface area contributed by atoms with Gasteiger partial charge in [0, 0.05) is 7.11 Å². The fourth-order valence-corrected chi connectivity index (χ4v) is 3.61. The number of hydrogen-bond acceptors (Lipinski definition) is 4. The number of sulfonamides is 1. The van der Waals surface area contributed by atoms with Gasteiger partial charge in [-0.1, -0.05) is 13.3 Å². The Morgan fingerprint density at radius 1 is 1.32 bits per heavy atom. The Morgan fingerprint density at radius 3 is 2.58 bits per heavy atom. The van der Waals surface area contributed by atoms with Gasteiger partial charge in [0.2, 0.25) is 10.0 Å². The molecule has 2 N–H and O–H groups in total. The van der Waals surface area contributed by atoms with Gasteiger partial charge in [-0.15, -0.1) is 0 Å². The lowest BCUT2D eigenvalue weighted by Crippen LogP contribution is -2.31. The van der Waals surface area contributed by atoms with Gasteiger partial charge in [-0.25, -0.2) is 13.6 Å². The summed E-state index contributed by atoms with van der Waals surface area (Å²) in [6.45, 7) is 2.52. The Hall–Kier alpha value is -0.170. The van der Waals surface area contributed by atoms with Gasteiger partial charge in [0.15, 0.2) is 0 Å². The number of ether oxygens (including phenoxy) is 2. The number of primary sulfonamides is 1. The van der Waals surface area contributed by atoms with Crippen molar-refractivity contribution in [3.8, 4) is 0 Å². The first kappa shape index (κ1) is 16.9. The third-order valence-electron chi connectivity index (χ3n) is 3.64. The molecule has 1 saturated carbocycles. The lowest BCUT2D eigenvalue weighted by Gasteiger charge is -2.29. The highest BCUT2D eigenvalue weighted by molar-refractivity contribution is 7.89. The predicted octanol–water partition coefficient (Wildman–Crippen LogP) is 1.67. The van der Waals surface area contributed by atoms with E-state index in [0.717, 1.165) is 38.5 Å². The smallest absolute Gasteiger partial charge is 0.209 e. The monoisotopic (exact) mass is 293 g/mol. The van der Waals surface area contributed by atoms with Crippen molar-refractivity contribution in [3.63, 3.8) is 0 Å². The Bertz CT molecular complexity index is 345. The van der Waals surface area contributed by atoms with E-state index >= 15 is 0 Å². The zero-order valence-corrected chi connectivity index (χ0v) is 12.8. The lowest BCUT2D eigenvalue weighted by atomic mass is 9.94. The molecular formula is C13H27NO4S. The molecule has 0 spiro atoms. The first-order valence-electron chi connectivity index (χ1n) is 7.09. The van der Waals surface area contributed by atoms with E-state index in [0.29, 0.717) is 6.61 Å². The molecule has 1 aliphatic rings. The molecule has 5 nitrogen and oxygen atoms in total. The molecule has 1 aliphatic carbocycles. The summed E-state index contributed by atoms with van der Waals surface area (Å²) in [4.78, 5) is 0. The van der Waals surface area contributed by atoms with Crippen LogP contribution in [-0.4, -0.2) is 40.1 Å². The molecule has 0 radical (unpaired) electrons. The third kappa shape index (κ3) is 7.25. The summed E-state index contributed by atoms with van der Waals surface area (Å²) in [5.41, 5.74) is 0. The average Bonchev–Trinajstić information content (AvgIpc) is 2.35. The molecule has 6 heteroatoms. The average molecular weight is 293 g/mol. The van der Waals surface area contributed by atoms with Crippen molar-refractivity contribution in [1.82, 2.24) is 0 Å². The van der Waals surface area contributed by atoms with Gasteiger partial charge in [0.25, 0.3) is 0 Å². The minimum atomic E-state index is -3.42. The standard InChI is InChI=1S/C13H27NO4S/c1-3-5-11(10-19(14,15)16)9-18-13-7-4-6-12(8-13)17-2/h11-13H,3-10H2,1-2H3,(H2,14,15,16). The Balaban J connectivity index is 2.38. The van der Waals surface area contributed by atoms with Gasteiger partial charge in [0.05, 0.1) is 24.6 Å². The van der Waals surface area contributed by atoms with Gasteiger partial charge >= 0.3 is 0 Å². The van der Waals surface area contributed by atoms with Gasteiger partial charge in [-0.05, 0) is 38.0 Å². The topological polar surface area (TPSA) is 78.6 Å². The van der Waals surface area contributed by atoms with Gasteiger partial charge in [-0.2, -0.15) is 0 Å². The maximum atomic E-state index is 11.2. The normalized spacial score (nSPS) is 26.3. The second kappa shape index (κ2) is 8.19. The fourth-order valence-electron chi connectivity index (χ4n) is 2.69. The third-order valence-corrected chi connectivity index (χ3v) is 4.58. The van der Waals surface area contributed by atoms with Crippen molar-refractivity contribution in [3.05, 3.63) is 0 Å². The summed E-state index contributed by atoms with van der Waals surface area (Å²) in [5, 5.41) is 5.12. The van der Waals surface area contributed by atoms with Gasteiger partial charge in [-0.3, -0.25) is 0 Å². The van der Waals surface area contributed by atoms with Crippen LogP contribution in [0.3, 0.4) is 0 Å². The van der Waals surface area contributed by atoms with Crippen LogP contribution >= 0.6 is 0 Å². The molecule has 0 aliphatic heterocycles. The maximum Gasteiger partial charge on any atom is 0.209 e. The Kier molecular flexibility index (Phi) is 7.28. The minimum absolute atomic E-state index is 0.00271. The van der Waals surface area contributed by atoms with E-state index in [-0.39, 0.29) is 23.9 Å². The van der Waals surface area contributed by atoms with Crippen molar-refractivity contribution in [2.75, 3.05) is 19.5 Å². The van der Waals surface area contributed by atoms with Crippen molar-refractivity contribution in [2.24, 2.45) is 11.1 Å². The molecule has 1 fully saturated rings. The molecule has 19 heavy (non-hydrogen) atoms. The number of rotatable bonds is 8. The van der Waals surface area contributed by atoms with Gasteiger partial charge < -0.3 is 9.47 Å². The van der Waals surface area contributed by atoms with E-state index in [1.807, 2.05) is 6.92 Å². The van der Waals surface area contributed by atoms with Crippen LogP contribution in [0.4, 0.5) is 0 Å². The van der Waals surface area contributed by atoms with E-state index in [1.54, 1.807) is 7.11 Å². The summed E-state index contributed by atoms with van der Waals surface area (Å²) in [6, 6.07) is 0. The molecule has 0 amide bonds. The molecule has 0 heterocycles. The molecule has 3 unspecified atom stereocenters. The summed E-state index contributed by atoms with van der Waals surface area (Å²) < 4.78 is 33.6. The molecule has 0 aromatic carbocycles. The maximum absolute atomic E-state index is 11.2. The van der Waals surface area contributed by atoms with Crippen LogP contribution in [0.5, 0.6) is 0 Å². The van der Waals surface area contributed by atoms with Gasteiger partial charge in [0.1, 0.15) is 0 Å². The fraction of sp³-hybridized carbons (Fsp3) is 1.00. The second-order valence-electron chi connectivity index (χ2n) is 5.46.